The van der Waals surface area contributed by atoms with Gasteiger partial charge in [0, 0.05) is 6.54 Å². The third kappa shape index (κ3) is 6.40. The second-order valence-corrected chi connectivity index (χ2v) is 6.73. The van der Waals surface area contributed by atoms with Crippen molar-refractivity contribution in [2.75, 3.05) is 0 Å². The number of rotatable bonds is 7. The smallest absolute Gasteiger partial charge is 0.408 e. The maximum absolute atomic E-state index is 13.6. The van der Waals surface area contributed by atoms with Gasteiger partial charge >= 0.3 is 6.09 Å². The molecule has 2 amide bonds. The van der Waals surface area contributed by atoms with Crippen LogP contribution in [0.15, 0.2) is 48.5 Å². The summed E-state index contributed by atoms with van der Waals surface area (Å²) in [5.41, 5.74) is 2.06. The Morgan fingerprint density at radius 2 is 1.78 bits per heavy atom. The van der Waals surface area contributed by atoms with Gasteiger partial charge in [0.1, 0.15) is 18.5 Å². The molecular weight excluding hydrogens is 347 g/mol. The van der Waals surface area contributed by atoms with Crippen LogP contribution < -0.4 is 10.6 Å². The van der Waals surface area contributed by atoms with Crippen LogP contribution in [-0.4, -0.2) is 18.0 Å². The Morgan fingerprint density at radius 3 is 2.41 bits per heavy atom. The van der Waals surface area contributed by atoms with Crippen molar-refractivity contribution in [3.05, 3.63) is 71.0 Å². The maximum Gasteiger partial charge on any atom is 0.408 e. The number of carbonyl (C=O) groups is 2. The van der Waals surface area contributed by atoms with Gasteiger partial charge in [0.2, 0.25) is 5.91 Å². The van der Waals surface area contributed by atoms with Crippen LogP contribution in [0.4, 0.5) is 9.18 Å². The standard InChI is InChI=1S/C21H25FN2O3/c1-14(2)19(24-21(26)27-13-16-7-5-4-6-8-16)20(25)23-12-17-10-9-15(3)18(22)11-17/h4-11,14,19H,12-13H2,1-3H3,(H,23,25)(H,24,26). The van der Waals surface area contributed by atoms with Gasteiger partial charge in [-0.1, -0.05) is 56.3 Å². The monoisotopic (exact) mass is 372 g/mol. The number of alkyl carbamates (subject to hydrolysis) is 1. The topological polar surface area (TPSA) is 67.4 Å². The summed E-state index contributed by atoms with van der Waals surface area (Å²) in [7, 11) is 0. The summed E-state index contributed by atoms with van der Waals surface area (Å²) >= 11 is 0. The summed E-state index contributed by atoms with van der Waals surface area (Å²) in [6.45, 7) is 5.64. The molecule has 0 bridgehead atoms. The number of aryl methyl sites for hydroxylation is 1. The lowest BCUT2D eigenvalue weighted by atomic mass is 10.0. The fourth-order valence-electron chi connectivity index (χ4n) is 2.47. The summed E-state index contributed by atoms with van der Waals surface area (Å²) in [5, 5.41) is 5.33. The minimum Gasteiger partial charge on any atom is -0.445 e. The first-order chi connectivity index (χ1) is 12.9. The van der Waals surface area contributed by atoms with Crippen LogP contribution in [0.3, 0.4) is 0 Å². The van der Waals surface area contributed by atoms with Crippen molar-refractivity contribution >= 4 is 12.0 Å². The third-order valence-electron chi connectivity index (χ3n) is 4.14. The van der Waals surface area contributed by atoms with Gasteiger partial charge < -0.3 is 15.4 Å². The molecule has 1 unspecified atom stereocenters. The van der Waals surface area contributed by atoms with Crippen LogP contribution in [0.2, 0.25) is 0 Å². The molecule has 0 aromatic heterocycles. The van der Waals surface area contributed by atoms with E-state index in [9.17, 15) is 14.0 Å². The van der Waals surface area contributed by atoms with Crippen molar-refractivity contribution in [1.82, 2.24) is 10.6 Å². The van der Waals surface area contributed by atoms with Gasteiger partial charge in [-0.3, -0.25) is 4.79 Å². The molecule has 144 valence electrons. The number of ether oxygens (including phenoxy) is 1. The number of hydrogen-bond acceptors (Lipinski definition) is 3. The summed E-state index contributed by atoms with van der Waals surface area (Å²) in [6, 6.07) is 13.3. The van der Waals surface area contributed by atoms with Gasteiger partial charge in [-0.05, 0) is 35.6 Å². The molecule has 5 nitrogen and oxygen atoms in total. The molecule has 0 saturated heterocycles. The highest BCUT2D eigenvalue weighted by atomic mass is 19.1. The first-order valence-corrected chi connectivity index (χ1v) is 8.86. The number of carbonyl (C=O) groups excluding carboxylic acids is 2. The molecular formula is C21H25FN2O3. The fourth-order valence-corrected chi connectivity index (χ4v) is 2.47. The lowest BCUT2D eigenvalue weighted by molar-refractivity contribution is -0.124. The van der Waals surface area contributed by atoms with Gasteiger partial charge in [-0.15, -0.1) is 0 Å². The predicted molar refractivity (Wildman–Crippen MR) is 101 cm³/mol. The molecule has 1 atom stereocenters. The molecule has 2 N–H and O–H groups in total. The van der Waals surface area contributed by atoms with Gasteiger partial charge in [-0.25, -0.2) is 9.18 Å². The van der Waals surface area contributed by atoms with Crippen molar-refractivity contribution in [3.63, 3.8) is 0 Å². The number of benzene rings is 2. The van der Waals surface area contributed by atoms with Crippen molar-refractivity contribution in [3.8, 4) is 0 Å². The number of hydrogen-bond donors (Lipinski definition) is 2. The average molecular weight is 372 g/mol. The van der Waals surface area contributed by atoms with E-state index in [-0.39, 0.29) is 30.8 Å². The highest BCUT2D eigenvalue weighted by Gasteiger charge is 2.24. The summed E-state index contributed by atoms with van der Waals surface area (Å²) < 4.78 is 18.8. The van der Waals surface area contributed by atoms with E-state index in [0.717, 1.165) is 5.56 Å². The van der Waals surface area contributed by atoms with Crippen LogP contribution in [0.25, 0.3) is 0 Å². The largest absolute Gasteiger partial charge is 0.445 e. The molecule has 0 fully saturated rings. The lowest BCUT2D eigenvalue weighted by Crippen LogP contribution is -2.49. The third-order valence-corrected chi connectivity index (χ3v) is 4.14. The number of amides is 2. The predicted octanol–water partition coefficient (Wildman–Crippen LogP) is 3.70. The maximum atomic E-state index is 13.6. The molecule has 27 heavy (non-hydrogen) atoms. The quantitative estimate of drug-likeness (QED) is 0.779. The van der Waals surface area contributed by atoms with E-state index in [2.05, 4.69) is 10.6 Å². The Labute approximate surface area is 158 Å². The van der Waals surface area contributed by atoms with Crippen molar-refractivity contribution in [1.29, 1.82) is 0 Å². The Kier molecular flexibility index (Phi) is 7.34. The molecule has 0 aliphatic rings. The minimum absolute atomic E-state index is 0.127. The normalized spacial score (nSPS) is 11.7. The first-order valence-electron chi connectivity index (χ1n) is 8.86. The second kappa shape index (κ2) is 9.71. The number of halogens is 1. The first kappa shape index (κ1) is 20.4. The van der Waals surface area contributed by atoms with Crippen LogP contribution in [0.5, 0.6) is 0 Å². The number of nitrogens with one attached hydrogen (secondary N) is 2. The van der Waals surface area contributed by atoms with E-state index < -0.39 is 12.1 Å². The zero-order valence-electron chi connectivity index (χ0n) is 15.8. The summed E-state index contributed by atoms with van der Waals surface area (Å²) in [6.07, 6.45) is -0.658. The SMILES string of the molecule is Cc1ccc(CNC(=O)C(NC(=O)OCc2ccccc2)C(C)C)cc1F. The van der Waals surface area contributed by atoms with E-state index in [1.807, 2.05) is 44.2 Å². The van der Waals surface area contributed by atoms with E-state index in [0.29, 0.717) is 11.1 Å². The molecule has 0 aliphatic heterocycles. The zero-order valence-corrected chi connectivity index (χ0v) is 15.8. The molecule has 2 rings (SSSR count). The highest BCUT2D eigenvalue weighted by molar-refractivity contribution is 5.85. The molecule has 0 spiro atoms. The molecule has 2 aromatic carbocycles. The lowest BCUT2D eigenvalue weighted by Gasteiger charge is -2.21. The zero-order chi connectivity index (χ0) is 19.8. The molecule has 0 aliphatic carbocycles. The molecule has 0 radical (unpaired) electrons. The van der Waals surface area contributed by atoms with Crippen LogP contribution in [0, 0.1) is 18.7 Å². The van der Waals surface area contributed by atoms with Gasteiger partial charge in [0.05, 0.1) is 0 Å². The minimum atomic E-state index is -0.747. The Bertz CT molecular complexity index is 778. The van der Waals surface area contributed by atoms with Crippen molar-refractivity contribution < 1.29 is 18.7 Å². The van der Waals surface area contributed by atoms with E-state index in [1.54, 1.807) is 19.1 Å². The van der Waals surface area contributed by atoms with Crippen LogP contribution in [0.1, 0.15) is 30.5 Å². The molecule has 6 heteroatoms. The molecule has 2 aromatic rings. The van der Waals surface area contributed by atoms with Gasteiger partial charge in [0.15, 0.2) is 0 Å². The Balaban J connectivity index is 1.88. The van der Waals surface area contributed by atoms with Crippen molar-refractivity contribution in [2.24, 2.45) is 5.92 Å². The average Bonchev–Trinajstić information content (AvgIpc) is 2.65. The fraction of sp³-hybridized carbons (Fsp3) is 0.333. The van der Waals surface area contributed by atoms with E-state index in [1.165, 1.54) is 6.07 Å². The van der Waals surface area contributed by atoms with Crippen LogP contribution in [-0.2, 0) is 22.7 Å². The van der Waals surface area contributed by atoms with Crippen LogP contribution >= 0.6 is 0 Å². The van der Waals surface area contributed by atoms with Crippen molar-refractivity contribution in [2.45, 2.75) is 40.0 Å². The second-order valence-electron chi connectivity index (χ2n) is 6.73. The summed E-state index contributed by atoms with van der Waals surface area (Å²) in [5.74, 6) is -0.795. The molecule has 0 saturated carbocycles. The Hall–Kier alpha value is -2.89. The van der Waals surface area contributed by atoms with E-state index in [4.69, 9.17) is 4.74 Å². The highest BCUT2D eigenvalue weighted by Crippen LogP contribution is 2.10. The molecule has 0 heterocycles. The van der Waals surface area contributed by atoms with E-state index >= 15 is 0 Å². The summed E-state index contributed by atoms with van der Waals surface area (Å²) in [4.78, 5) is 24.5. The van der Waals surface area contributed by atoms with Gasteiger partial charge in [-0.2, -0.15) is 0 Å². The Morgan fingerprint density at radius 1 is 1.07 bits per heavy atom. The van der Waals surface area contributed by atoms with Gasteiger partial charge in [0.25, 0.3) is 0 Å².